The third-order valence-corrected chi connectivity index (χ3v) is 7.70. The van der Waals surface area contributed by atoms with Crippen molar-refractivity contribution >= 4 is 33.4 Å². The summed E-state index contributed by atoms with van der Waals surface area (Å²) in [5.74, 6) is 1.46. The Kier molecular flexibility index (Phi) is 5.18. The second-order valence-corrected chi connectivity index (χ2v) is 10.5. The molecule has 0 radical (unpaired) electrons. The van der Waals surface area contributed by atoms with Crippen LogP contribution in [0.4, 0.5) is 0 Å². The summed E-state index contributed by atoms with van der Waals surface area (Å²) in [5.41, 5.74) is 0.558. The molecular formula is C20H17NO4S3. The third kappa shape index (κ3) is 4.09. The van der Waals surface area contributed by atoms with E-state index < -0.39 is 9.84 Å². The molecule has 1 atom stereocenters. The Labute approximate surface area is 171 Å². The summed E-state index contributed by atoms with van der Waals surface area (Å²) < 4.78 is 31.2. The maximum atomic E-state index is 12.7. The van der Waals surface area contributed by atoms with Crippen molar-refractivity contribution in [1.29, 1.82) is 0 Å². The highest BCUT2D eigenvalue weighted by Gasteiger charge is 2.30. The van der Waals surface area contributed by atoms with Crippen LogP contribution < -0.4 is 10.3 Å². The van der Waals surface area contributed by atoms with E-state index in [0.717, 1.165) is 16.2 Å². The van der Waals surface area contributed by atoms with E-state index in [9.17, 15) is 13.2 Å². The second-order valence-electron chi connectivity index (χ2n) is 6.58. The van der Waals surface area contributed by atoms with Gasteiger partial charge in [0.05, 0.1) is 17.5 Å². The Bertz CT molecular complexity index is 1200. The Morgan fingerprint density at radius 2 is 1.79 bits per heavy atom. The van der Waals surface area contributed by atoms with Crippen LogP contribution in [0.1, 0.15) is 12.5 Å². The van der Waals surface area contributed by atoms with Crippen LogP contribution in [0.2, 0.25) is 0 Å². The average Bonchev–Trinajstić information content (AvgIpc) is 3.01. The molecule has 4 rings (SSSR count). The lowest BCUT2D eigenvalue weighted by Gasteiger charge is -2.13. The van der Waals surface area contributed by atoms with Crippen LogP contribution >= 0.6 is 23.6 Å². The van der Waals surface area contributed by atoms with Crippen molar-refractivity contribution < 1.29 is 13.2 Å². The number of benzene rings is 2. The van der Waals surface area contributed by atoms with Crippen LogP contribution in [0, 0.1) is 3.95 Å². The zero-order valence-corrected chi connectivity index (χ0v) is 17.2. The quantitative estimate of drug-likeness (QED) is 0.571. The summed E-state index contributed by atoms with van der Waals surface area (Å²) in [5, 5.41) is 0. The Morgan fingerprint density at radius 1 is 1.04 bits per heavy atom. The van der Waals surface area contributed by atoms with E-state index >= 15 is 0 Å². The van der Waals surface area contributed by atoms with Gasteiger partial charge in [-0.3, -0.25) is 9.36 Å². The lowest BCUT2D eigenvalue weighted by atomic mass is 10.2. The van der Waals surface area contributed by atoms with Gasteiger partial charge in [0, 0.05) is 10.9 Å². The Morgan fingerprint density at radius 3 is 2.46 bits per heavy atom. The summed E-state index contributed by atoms with van der Waals surface area (Å²) in [6.07, 6.45) is 0.429. The maximum Gasteiger partial charge on any atom is 0.253 e. The lowest BCUT2D eigenvalue weighted by Crippen LogP contribution is -2.25. The molecule has 28 heavy (non-hydrogen) atoms. The minimum absolute atomic E-state index is 0.0248. The number of nitrogens with zero attached hydrogens (tertiary/aromatic N) is 1. The van der Waals surface area contributed by atoms with Crippen molar-refractivity contribution in [3.05, 3.63) is 75.0 Å². The molecule has 1 unspecified atom stereocenters. The summed E-state index contributed by atoms with van der Waals surface area (Å²) >= 11 is 6.73. The Hall–Kier alpha value is -2.29. The molecule has 1 aromatic heterocycles. The number of sulfone groups is 1. The first-order valence-corrected chi connectivity index (χ1v) is 11.8. The molecule has 0 spiro atoms. The van der Waals surface area contributed by atoms with Crippen LogP contribution in [-0.4, -0.2) is 24.5 Å². The highest BCUT2D eigenvalue weighted by Crippen LogP contribution is 2.30. The molecule has 3 aromatic rings. The van der Waals surface area contributed by atoms with E-state index in [1.165, 1.54) is 22.0 Å². The van der Waals surface area contributed by atoms with E-state index in [2.05, 4.69) is 0 Å². The summed E-state index contributed by atoms with van der Waals surface area (Å²) in [6, 6.07) is 18.1. The summed E-state index contributed by atoms with van der Waals surface area (Å²) in [4.78, 5) is 13.4. The fourth-order valence-corrected chi connectivity index (χ4v) is 6.37. The first-order valence-electron chi connectivity index (χ1n) is 8.72. The van der Waals surface area contributed by atoms with Crippen molar-refractivity contribution in [2.24, 2.45) is 0 Å². The smallest absolute Gasteiger partial charge is 0.253 e. The summed E-state index contributed by atoms with van der Waals surface area (Å²) in [7, 11) is -3.09. The summed E-state index contributed by atoms with van der Waals surface area (Å²) in [6.45, 7) is 0. The van der Waals surface area contributed by atoms with Gasteiger partial charge in [0.2, 0.25) is 0 Å². The fourth-order valence-electron chi connectivity index (χ4n) is 3.23. The zero-order valence-electron chi connectivity index (χ0n) is 14.8. The van der Waals surface area contributed by atoms with Gasteiger partial charge in [0.25, 0.3) is 5.56 Å². The largest absolute Gasteiger partial charge is 0.457 e. The van der Waals surface area contributed by atoms with Crippen molar-refractivity contribution in [3.8, 4) is 21.9 Å². The normalized spacial score (nSPS) is 18.1. The van der Waals surface area contributed by atoms with Gasteiger partial charge < -0.3 is 4.74 Å². The molecule has 0 N–H and O–H groups in total. The predicted molar refractivity (Wildman–Crippen MR) is 114 cm³/mol. The highest BCUT2D eigenvalue weighted by molar-refractivity contribution is 7.91. The van der Waals surface area contributed by atoms with Crippen molar-refractivity contribution in [3.63, 3.8) is 0 Å². The van der Waals surface area contributed by atoms with Crippen molar-refractivity contribution in [1.82, 2.24) is 4.57 Å². The van der Waals surface area contributed by atoms with E-state index in [4.69, 9.17) is 17.0 Å². The standard InChI is InChI=1S/C20H17NO4S3/c22-19-12-18(27-20(26)21(19)15-9-10-28(23,24)13-15)14-5-4-8-17(11-14)25-16-6-2-1-3-7-16/h1-8,11-12,15H,9-10,13H2. The zero-order chi connectivity index (χ0) is 19.7. The molecule has 2 aromatic carbocycles. The molecule has 144 valence electrons. The minimum atomic E-state index is -3.09. The molecular weight excluding hydrogens is 414 g/mol. The molecule has 1 fully saturated rings. The van der Waals surface area contributed by atoms with Gasteiger partial charge >= 0.3 is 0 Å². The molecule has 0 amide bonds. The van der Waals surface area contributed by atoms with Crippen LogP contribution in [0.3, 0.4) is 0 Å². The monoisotopic (exact) mass is 431 g/mol. The van der Waals surface area contributed by atoms with Gasteiger partial charge in [-0.1, -0.05) is 30.3 Å². The van der Waals surface area contributed by atoms with Crippen LogP contribution in [-0.2, 0) is 9.84 Å². The molecule has 8 heteroatoms. The topological polar surface area (TPSA) is 65.4 Å². The second kappa shape index (κ2) is 7.62. The number of aromatic nitrogens is 1. The number of rotatable bonds is 4. The number of hydrogen-bond acceptors (Lipinski definition) is 6. The molecule has 1 aliphatic heterocycles. The Balaban J connectivity index is 1.66. The van der Waals surface area contributed by atoms with Gasteiger partial charge in [-0.25, -0.2) is 8.42 Å². The van der Waals surface area contributed by atoms with E-state index in [0.29, 0.717) is 16.1 Å². The van der Waals surface area contributed by atoms with Gasteiger partial charge in [0.1, 0.15) is 11.5 Å². The van der Waals surface area contributed by atoms with Crippen LogP contribution in [0.25, 0.3) is 10.4 Å². The fraction of sp³-hybridized carbons (Fsp3) is 0.200. The first kappa shape index (κ1) is 19.0. The van der Waals surface area contributed by atoms with Crippen molar-refractivity contribution in [2.45, 2.75) is 12.5 Å². The third-order valence-electron chi connectivity index (χ3n) is 4.56. The molecule has 0 saturated carbocycles. The molecule has 1 saturated heterocycles. The van der Waals surface area contributed by atoms with Crippen LogP contribution in [0.15, 0.2) is 65.5 Å². The first-order chi connectivity index (χ1) is 13.4. The van der Waals surface area contributed by atoms with Gasteiger partial charge in [0.15, 0.2) is 13.8 Å². The minimum Gasteiger partial charge on any atom is -0.457 e. The molecule has 5 nitrogen and oxygen atoms in total. The molecule has 0 bridgehead atoms. The molecule has 1 aliphatic rings. The van der Waals surface area contributed by atoms with Crippen molar-refractivity contribution in [2.75, 3.05) is 11.5 Å². The van der Waals surface area contributed by atoms with Gasteiger partial charge in [-0.2, -0.15) is 0 Å². The average molecular weight is 432 g/mol. The van der Waals surface area contributed by atoms with Gasteiger partial charge in [-0.05, 0) is 48.5 Å². The SMILES string of the molecule is O=c1cc(-c2cccc(Oc3ccccc3)c2)sc(=S)n1C1CCS(=O)(=O)C1. The van der Waals surface area contributed by atoms with E-state index in [-0.39, 0.29) is 23.1 Å². The lowest BCUT2D eigenvalue weighted by molar-refractivity contribution is 0.483. The highest BCUT2D eigenvalue weighted by atomic mass is 32.2. The number of para-hydroxylation sites is 1. The molecule has 0 aliphatic carbocycles. The van der Waals surface area contributed by atoms with E-state index in [1.54, 1.807) is 0 Å². The molecule has 2 heterocycles. The maximum absolute atomic E-state index is 12.7. The van der Waals surface area contributed by atoms with E-state index in [1.807, 2.05) is 54.6 Å². The number of hydrogen-bond donors (Lipinski definition) is 0. The van der Waals surface area contributed by atoms with Gasteiger partial charge in [-0.15, -0.1) is 11.3 Å². The predicted octanol–water partition coefficient (Wildman–Crippen LogP) is 4.46. The number of ether oxygens (including phenoxy) is 1. The van der Waals surface area contributed by atoms with Crippen LogP contribution in [0.5, 0.6) is 11.5 Å².